The highest BCUT2D eigenvalue weighted by atomic mass is 16.6. The average molecular weight is 402 g/mol. The number of amides is 2. The van der Waals surface area contributed by atoms with Crippen molar-refractivity contribution in [3.63, 3.8) is 0 Å². The van der Waals surface area contributed by atoms with E-state index in [0.717, 1.165) is 31.0 Å². The smallest absolute Gasteiger partial charge is 0.409 e. The monoisotopic (exact) mass is 401 g/mol. The van der Waals surface area contributed by atoms with Gasteiger partial charge in [0.05, 0.1) is 6.61 Å². The van der Waals surface area contributed by atoms with Gasteiger partial charge < -0.3 is 24.8 Å². The van der Waals surface area contributed by atoms with Crippen molar-refractivity contribution in [2.24, 2.45) is 4.99 Å². The van der Waals surface area contributed by atoms with Gasteiger partial charge in [0.1, 0.15) is 0 Å². The highest BCUT2D eigenvalue weighted by Gasteiger charge is 2.25. The fourth-order valence-electron chi connectivity index (χ4n) is 3.82. The van der Waals surface area contributed by atoms with Gasteiger partial charge in [-0.1, -0.05) is 18.2 Å². The number of anilines is 1. The summed E-state index contributed by atoms with van der Waals surface area (Å²) in [6.07, 6.45) is 1.94. The lowest BCUT2D eigenvalue weighted by atomic mass is 10.2. The topological polar surface area (TPSA) is 77.5 Å². The molecule has 0 radical (unpaired) electrons. The number of nitrogens with zero attached hydrogens (tertiary/aromatic N) is 4. The summed E-state index contributed by atoms with van der Waals surface area (Å²) >= 11 is 0. The summed E-state index contributed by atoms with van der Waals surface area (Å²) in [6, 6.07) is 8.12. The van der Waals surface area contributed by atoms with E-state index in [1.807, 2.05) is 30.0 Å². The molecule has 2 aliphatic rings. The first-order valence-corrected chi connectivity index (χ1v) is 10.4. The van der Waals surface area contributed by atoms with Crippen LogP contribution in [0.1, 0.15) is 25.3 Å². The average Bonchev–Trinajstić information content (AvgIpc) is 3.18. The zero-order valence-electron chi connectivity index (χ0n) is 17.4. The molecule has 3 rings (SSSR count). The lowest BCUT2D eigenvalue weighted by Gasteiger charge is -2.35. The number of ether oxygens (including phenoxy) is 1. The number of hydrogen-bond donors (Lipinski definition) is 1. The van der Waals surface area contributed by atoms with Gasteiger partial charge in [-0.05, 0) is 31.4 Å². The second kappa shape index (κ2) is 10.1. The second-order valence-electron chi connectivity index (χ2n) is 7.17. The van der Waals surface area contributed by atoms with Crippen molar-refractivity contribution in [2.75, 3.05) is 57.8 Å². The third-order valence-corrected chi connectivity index (χ3v) is 5.36. The van der Waals surface area contributed by atoms with Gasteiger partial charge in [0, 0.05) is 58.4 Å². The molecule has 2 heterocycles. The molecule has 29 heavy (non-hydrogen) atoms. The minimum atomic E-state index is -0.253. The minimum Gasteiger partial charge on any atom is -0.450 e. The highest BCUT2D eigenvalue weighted by molar-refractivity contribution is 5.95. The summed E-state index contributed by atoms with van der Waals surface area (Å²) in [5, 5.41) is 3.34. The van der Waals surface area contributed by atoms with Crippen molar-refractivity contribution in [1.29, 1.82) is 0 Å². The van der Waals surface area contributed by atoms with E-state index in [-0.39, 0.29) is 12.0 Å². The van der Waals surface area contributed by atoms with Crippen molar-refractivity contribution >= 4 is 23.6 Å². The van der Waals surface area contributed by atoms with E-state index in [1.165, 1.54) is 5.56 Å². The first-order chi connectivity index (χ1) is 14.1. The Morgan fingerprint density at radius 2 is 1.83 bits per heavy atom. The van der Waals surface area contributed by atoms with Gasteiger partial charge in [0.2, 0.25) is 5.91 Å². The Morgan fingerprint density at radius 1 is 1.10 bits per heavy atom. The standard InChI is InChI=1S/C21H31N5O3/c1-3-29-21(28)25-15-13-24(14-16-25)20(22-2)23-11-6-9-19(27)26-12-10-17-7-4-5-8-18(17)26/h4-5,7-8H,3,6,9-16H2,1-2H3,(H,22,23). The molecule has 0 spiro atoms. The Balaban J connectivity index is 1.39. The summed E-state index contributed by atoms with van der Waals surface area (Å²) in [5.74, 6) is 0.988. The maximum atomic E-state index is 12.6. The highest BCUT2D eigenvalue weighted by Crippen LogP contribution is 2.27. The fourth-order valence-corrected chi connectivity index (χ4v) is 3.82. The largest absolute Gasteiger partial charge is 0.450 e. The van der Waals surface area contributed by atoms with E-state index in [2.05, 4.69) is 21.3 Å². The quantitative estimate of drug-likeness (QED) is 0.462. The van der Waals surface area contributed by atoms with Crippen LogP contribution in [0.5, 0.6) is 0 Å². The molecule has 0 aromatic heterocycles. The molecule has 158 valence electrons. The van der Waals surface area contributed by atoms with Crippen molar-refractivity contribution < 1.29 is 14.3 Å². The van der Waals surface area contributed by atoms with E-state index in [4.69, 9.17) is 4.74 Å². The van der Waals surface area contributed by atoms with Crippen molar-refractivity contribution in [2.45, 2.75) is 26.2 Å². The molecule has 0 atom stereocenters. The Hall–Kier alpha value is -2.77. The van der Waals surface area contributed by atoms with Gasteiger partial charge in [0.15, 0.2) is 5.96 Å². The zero-order chi connectivity index (χ0) is 20.6. The van der Waals surface area contributed by atoms with Gasteiger partial charge in [0.25, 0.3) is 0 Å². The lowest BCUT2D eigenvalue weighted by molar-refractivity contribution is -0.118. The molecule has 0 bridgehead atoms. The number of guanidine groups is 1. The maximum absolute atomic E-state index is 12.6. The minimum absolute atomic E-state index is 0.176. The van der Waals surface area contributed by atoms with E-state index >= 15 is 0 Å². The number of nitrogens with one attached hydrogen (secondary N) is 1. The summed E-state index contributed by atoms with van der Waals surface area (Å²) < 4.78 is 5.06. The molecule has 1 saturated heterocycles. The second-order valence-corrected chi connectivity index (χ2v) is 7.17. The summed E-state index contributed by atoms with van der Waals surface area (Å²) in [5.41, 5.74) is 2.31. The number of hydrogen-bond acceptors (Lipinski definition) is 4. The zero-order valence-corrected chi connectivity index (χ0v) is 17.4. The molecular formula is C21H31N5O3. The molecule has 8 heteroatoms. The number of carbonyl (C=O) groups excluding carboxylic acids is 2. The molecule has 1 N–H and O–H groups in total. The normalized spacial score (nSPS) is 16.6. The van der Waals surface area contributed by atoms with Gasteiger partial charge >= 0.3 is 6.09 Å². The van der Waals surface area contributed by atoms with Crippen LogP contribution in [-0.2, 0) is 16.0 Å². The summed E-state index contributed by atoms with van der Waals surface area (Å²) in [7, 11) is 1.76. The number of rotatable bonds is 5. The van der Waals surface area contributed by atoms with Crippen LogP contribution in [0.3, 0.4) is 0 Å². The van der Waals surface area contributed by atoms with E-state index in [9.17, 15) is 9.59 Å². The Bertz CT molecular complexity index is 744. The maximum Gasteiger partial charge on any atom is 0.409 e. The predicted molar refractivity (Wildman–Crippen MR) is 113 cm³/mol. The van der Waals surface area contributed by atoms with Gasteiger partial charge in [-0.25, -0.2) is 4.79 Å². The molecule has 8 nitrogen and oxygen atoms in total. The molecule has 2 amide bonds. The molecule has 1 fully saturated rings. The molecule has 2 aliphatic heterocycles. The number of fused-ring (bicyclic) bond motifs is 1. The molecule has 0 unspecified atom stereocenters. The van der Waals surface area contributed by atoms with Gasteiger partial charge in [-0.3, -0.25) is 9.79 Å². The Labute approximate surface area is 172 Å². The van der Waals surface area contributed by atoms with Crippen molar-refractivity contribution in [3.05, 3.63) is 29.8 Å². The van der Waals surface area contributed by atoms with Crippen LogP contribution in [0.15, 0.2) is 29.3 Å². The SMILES string of the molecule is CCOC(=O)N1CCN(C(=NC)NCCCC(=O)N2CCc3ccccc32)CC1. The van der Waals surface area contributed by atoms with Crippen LogP contribution in [0, 0.1) is 0 Å². The Kier molecular flexibility index (Phi) is 7.32. The van der Waals surface area contributed by atoms with E-state index < -0.39 is 0 Å². The molecular weight excluding hydrogens is 370 g/mol. The number of benzene rings is 1. The first kappa shape index (κ1) is 21.0. The number of piperazine rings is 1. The van der Waals surface area contributed by atoms with E-state index in [1.54, 1.807) is 11.9 Å². The van der Waals surface area contributed by atoms with Crippen LogP contribution in [0.4, 0.5) is 10.5 Å². The Morgan fingerprint density at radius 3 is 2.55 bits per heavy atom. The molecule has 0 saturated carbocycles. The van der Waals surface area contributed by atoms with Crippen LogP contribution in [0.2, 0.25) is 0 Å². The summed E-state index contributed by atoms with van der Waals surface area (Å²) in [6.45, 7) is 6.32. The number of carbonyl (C=O) groups is 2. The molecule has 0 aliphatic carbocycles. The number of aliphatic imine (C=N–C) groups is 1. The fraction of sp³-hybridized carbons (Fsp3) is 0.571. The molecule has 1 aromatic carbocycles. The first-order valence-electron chi connectivity index (χ1n) is 10.4. The van der Waals surface area contributed by atoms with Gasteiger partial charge in [-0.15, -0.1) is 0 Å². The van der Waals surface area contributed by atoms with Crippen molar-refractivity contribution in [3.8, 4) is 0 Å². The van der Waals surface area contributed by atoms with Crippen molar-refractivity contribution in [1.82, 2.24) is 15.1 Å². The lowest BCUT2D eigenvalue weighted by Crippen LogP contribution is -2.54. The van der Waals surface area contributed by atoms with E-state index in [0.29, 0.717) is 45.8 Å². The number of para-hydroxylation sites is 1. The van der Waals surface area contributed by atoms with Crippen LogP contribution >= 0.6 is 0 Å². The third kappa shape index (κ3) is 5.19. The van der Waals surface area contributed by atoms with Crippen LogP contribution < -0.4 is 10.2 Å². The third-order valence-electron chi connectivity index (χ3n) is 5.36. The van der Waals surface area contributed by atoms with Gasteiger partial charge in [-0.2, -0.15) is 0 Å². The van der Waals surface area contributed by atoms with Crippen LogP contribution in [0.25, 0.3) is 0 Å². The van der Waals surface area contributed by atoms with Crippen LogP contribution in [-0.4, -0.2) is 80.7 Å². The summed E-state index contributed by atoms with van der Waals surface area (Å²) in [4.78, 5) is 34.5. The predicted octanol–water partition coefficient (Wildman–Crippen LogP) is 1.71. The molecule has 1 aromatic rings.